The van der Waals surface area contributed by atoms with Gasteiger partial charge in [-0.15, -0.1) is 0 Å². The van der Waals surface area contributed by atoms with E-state index in [0.717, 1.165) is 24.2 Å². The van der Waals surface area contributed by atoms with Crippen LogP contribution < -0.4 is 0 Å². The summed E-state index contributed by atoms with van der Waals surface area (Å²) in [4.78, 5) is 0. The first-order valence-corrected chi connectivity index (χ1v) is 9.23. The first-order chi connectivity index (χ1) is 9.55. The summed E-state index contributed by atoms with van der Waals surface area (Å²) in [7, 11) is 0. The molecule has 114 valence electrons. The first kappa shape index (κ1) is 13.6. The highest BCUT2D eigenvalue weighted by Gasteiger charge is 2.59. The maximum Gasteiger partial charge on any atom is 0.0576 e. The minimum absolute atomic E-state index is 0.00417. The van der Waals surface area contributed by atoms with E-state index < -0.39 is 0 Å². The minimum Gasteiger partial charge on any atom is -0.393 e. The third-order valence-corrected chi connectivity index (χ3v) is 8.37. The molecule has 0 aromatic carbocycles. The van der Waals surface area contributed by atoms with Crippen LogP contribution in [0.3, 0.4) is 0 Å². The normalized spacial score (nSPS) is 58.6. The van der Waals surface area contributed by atoms with Crippen molar-refractivity contribution in [3.05, 3.63) is 0 Å². The maximum absolute atomic E-state index is 10.8. The molecule has 1 N–H and O–H groups in total. The van der Waals surface area contributed by atoms with E-state index in [0.29, 0.717) is 16.7 Å². The quantitative estimate of drug-likeness (QED) is 0.675. The highest BCUT2D eigenvalue weighted by atomic mass is 16.3. The average molecular weight is 276 g/mol. The molecule has 1 unspecified atom stereocenters. The lowest BCUT2D eigenvalue weighted by atomic mass is 9.45. The lowest BCUT2D eigenvalue weighted by molar-refractivity contribution is -0.153. The smallest absolute Gasteiger partial charge is 0.0576 e. The van der Waals surface area contributed by atoms with Crippen molar-refractivity contribution in [1.29, 1.82) is 0 Å². The molecule has 4 fully saturated rings. The summed E-state index contributed by atoms with van der Waals surface area (Å²) in [6.07, 6.45) is 13.9. The monoisotopic (exact) mass is 276 g/mol. The highest BCUT2D eigenvalue weighted by molar-refractivity contribution is 5.08. The third kappa shape index (κ3) is 1.71. The Morgan fingerprint density at radius 3 is 2.45 bits per heavy atom. The van der Waals surface area contributed by atoms with Gasteiger partial charge in [0.2, 0.25) is 0 Å². The number of aliphatic hydroxyl groups excluding tert-OH is 1. The summed E-state index contributed by atoms with van der Waals surface area (Å²) in [5, 5.41) is 10.8. The van der Waals surface area contributed by atoms with E-state index in [2.05, 4.69) is 13.8 Å². The molecule has 0 radical (unpaired) electrons. The minimum atomic E-state index is 0.00417. The second kappa shape index (κ2) is 4.48. The number of aliphatic hydroxyl groups is 1. The fourth-order valence-corrected chi connectivity index (χ4v) is 7.35. The molecule has 0 aromatic heterocycles. The topological polar surface area (TPSA) is 20.2 Å². The Morgan fingerprint density at radius 2 is 1.60 bits per heavy atom. The molecule has 0 heterocycles. The molecule has 4 saturated carbocycles. The Balaban J connectivity index is 1.68. The predicted octanol–water partition coefficient (Wildman–Crippen LogP) is 4.78. The molecule has 7 atom stereocenters. The van der Waals surface area contributed by atoms with Gasteiger partial charge in [-0.25, -0.2) is 0 Å². The van der Waals surface area contributed by atoms with Crippen molar-refractivity contribution in [3.8, 4) is 0 Å². The van der Waals surface area contributed by atoms with Crippen molar-refractivity contribution in [3.63, 3.8) is 0 Å². The van der Waals surface area contributed by atoms with Crippen LogP contribution in [0.2, 0.25) is 0 Å². The molecule has 0 spiro atoms. The molecule has 4 aliphatic carbocycles. The van der Waals surface area contributed by atoms with E-state index >= 15 is 0 Å². The number of hydrogen-bond acceptors (Lipinski definition) is 1. The highest BCUT2D eigenvalue weighted by Crippen LogP contribution is 2.66. The van der Waals surface area contributed by atoms with Crippen molar-refractivity contribution in [2.75, 3.05) is 0 Å². The van der Waals surface area contributed by atoms with Gasteiger partial charge in [0, 0.05) is 0 Å². The zero-order chi connectivity index (χ0) is 14.0. The van der Waals surface area contributed by atoms with Gasteiger partial charge >= 0.3 is 0 Å². The molecule has 20 heavy (non-hydrogen) atoms. The predicted molar refractivity (Wildman–Crippen MR) is 82.4 cm³/mol. The molecule has 0 aromatic rings. The van der Waals surface area contributed by atoms with Gasteiger partial charge in [0.15, 0.2) is 0 Å². The second-order valence-electron chi connectivity index (χ2n) is 9.12. The molecule has 1 heteroatoms. The Labute approximate surface area is 124 Å². The average Bonchev–Trinajstić information content (AvgIpc) is 2.81. The zero-order valence-electron chi connectivity index (χ0n) is 13.4. The fraction of sp³-hybridized carbons (Fsp3) is 1.00. The zero-order valence-corrected chi connectivity index (χ0v) is 13.4. The lowest BCUT2D eigenvalue weighted by Gasteiger charge is -2.61. The van der Waals surface area contributed by atoms with Crippen LogP contribution in [0.5, 0.6) is 0 Å². The summed E-state index contributed by atoms with van der Waals surface area (Å²) < 4.78 is 0. The number of rotatable bonds is 0. The summed E-state index contributed by atoms with van der Waals surface area (Å²) in [5.41, 5.74) is 1.09. The second-order valence-corrected chi connectivity index (χ2v) is 9.12. The van der Waals surface area contributed by atoms with E-state index in [9.17, 15) is 5.11 Å². The SMILES string of the molecule is C[C@@]12CCC[C@H]1[C@@H]1CC(O)[C@H]3CCCC[C@]3(C)[C@H]1CC2. The summed E-state index contributed by atoms with van der Waals surface area (Å²) in [5.74, 6) is 3.30. The molecule has 0 amide bonds. The fourth-order valence-electron chi connectivity index (χ4n) is 7.35. The summed E-state index contributed by atoms with van der Waals surface area (Å²) in [6.45, 7) is 5.11. The van der Waals surface area contributed by atoms with Crippen LogP contribution in [0.15, 0.2) is 0 Å². The van der Waals surface area contributed by atoms with Crippen LogP contribution in [-0.2, 0) is 0 Å². The van der Waals surface area contributed by atoms with E-state index in [1.165, 1.54) is 57.8 Å². The maximum atomic E-state index is 10.8. The van der Waals surface area contributed by atoms with Crippen molar-refractivity contribution in [1.82, 2.24) is 0 Å². The van der Waals surface area contributed by atoms with Gasteiger partial charge in [0.05, 0.1) is 6.10 Å². The number of fused-ring (bicyclic) bond motifs is 5. The van der Waals surface area contributed by atoms with Crippen LogP contribution in [0.1, 0.15) is 78.1 Å². The van der Waals surface area contributed by atoms with Crippen molar-refractivity contribution < 1.29 is 5.11 Å². The molecule has 0 saturated heterocycles. The Bertz CT molecular complexity index is 391. The molecule has 0 aliphatic heterocycles. The summed E-state index contributed by atoms with van der Waals surface area (Å²) >= 11 is 0. The van der Waals surface area contributed by atoms with Crippen molar-refractivity contribution >= 4 is 0 Å². The van der Waals surface area contributed by atoms with Crippen LogP contribution in [-0.4, -0.2) is 11.2 Å². The molecule has 0 bridgehead atoms. The number of hydrogen-bond donors (Lipinski definition) is 1. The largest absolute Gasteiger partial charge is 0.393 e. The Hall–Kier alpha value is -0.0400. The van der Waals surface area contributed by atoms with Gasteiger partial charge in [-0.3, -0.25) is 0 Å². The van der Waals surface area contributed by atoms with E-state index in [1.807, 2.05) is 0 Å². The lowest BCUT2D eigenvalue weighted by Crippen LogP contribution is -2.56. The summed E-state index contributed by atoms with van der Waals surface area (Å²) in [6, 6.07) is 0. The van der Waals surface area contributed by atoms with Crippen LogP contribution >= 0.6 is 0 Å². The van der Waals surface area contributed by atoms with E-state index in [-0.39, 0.29) is 6.10 Å². The van der Waals surface area contributed by atoms with E-state index in [1.54, 1.807) is 0 Å². The van der Waals surface area contributed by atoms with Gasteiger partial charge in [0.25, 0.3) is 0 Å². The molecule has 4 rings (SSSR count). The van der Waals surface area contributed by atoms with Gasteiger partial charge in [-0.1, -0.05) is 33.1 Å². The van der Waals surface area contributed by atoms with Crippen LogP contribution in [0.25, 0.3) is 0 Å². The molecule has 4 aliphatic rings. The van der Waals surface area contributed by atoms with Gasteiger partial charge in [-0.2, -0.15) is 0 Å². The molecular formula is C19H32O. The standard InChI is InChI=1S/C19H32O/c1-18-9-5-7-14(18)13-12-17(20)16-6-3-4-10-19(16,2)15(13)8-11-18/h13-17,20H,3-12H2,1-2H3/t13-,14-,15-,16+,17?,18-,19+/m0/s1. The van der Waals surface area contributed by atoms with Gasteiger partial charge < -0.3 is 5.11 Å². The Kier molecular flexibility index (Phi) is 3.05. The Morgan fingerprint density at radius 1 is 0.800 bits per heavy atom. The third-order valence-electron chi connectivity index (χ3n) is 8.37. The van der Waals surface area contributed by atoms with Crippen LogP contribution in [0.4, 0.5) is 0 Å². The van der Waals surface area contributed by atoms with Crippen LogP contribution in [0, 0.1) is 34.5 Å². The van der Waals surface area contributed by atoms with Crippen molar-refractivity contribution in [2.45, 2.75) is 84.2 Å². The van der Waals surface area contributed by atoms with Crippen molar-refractivity contribution in [2.24, 2.45) is 34.5 Å². The molecular weight excluding hydrogens is 244 g/mol. The molecule has 1 nitrogen and oxygen atoms in total. The first-order valence-electron chi connectivity index (χ1n) is 9.23. The van der Waals surface area contributed by atoms with Gasteiger partial charge in [-0.05, 0) is 79.4 Å². The van der Waals surface area contributed by atoms with Gasteiger partial charge in [0.1, 0.15) is 0 Å². The van der Waals surface area contributed by atoms with E-state index in [4.69, 9.17) is 0 Å².